The number of hydrogen-bond donors (Lipinski definition) is 0. The molecule has 0 saturated carbocycles. The SMILES string of the molecule is Cc1c(C)c(C)[c-](C)c1C.[C-]#[O+].[C-]#[O+].[Rh]. The van der Waals surface area contributed by atoms with Gasteiger partial charge in [0.25, 0.3) is 0 Å². The molecule has 3 heteroatoms. The number of rotatable bonds is 0. The molecule has 0 atom stereocenters. The molecule has 0 aliphatic carbocycles. The second kappa shape index (κ2) is 9.99. The summed E-state index contributed by atoms with van der Waals surface area (Å²) in [6.07, 6.45) is 0. The molecule has 0 bridgehead atoms. The Morgan fingerprint density at radius 2 is 1.00 bits per heavy atom. The minimum atomic E-state index is 0. The molecule has 15 heavy (non-hydrogen) atoms. The molecule has 0 aliphatic rings. The molecule has 85 valence electrons. The summed E-state index contributed by atoms with van der Waals surface area (Å²) in [5.74, 6) is 0. The first-order valence-corrected chi connectivity index (χ1v) is 4.16. The second-order valence-electron chi connectivity index (χ2n) is 3.12. The predicted octanol–water partition coefficient (Wildman–Crippen LogP) is 2.87. The van der Waals surface area contributed by atoms with Crippen LogP contribution in [-0.4, -0.2) is 0 Å². The fraction of sp³-hybridized carbons (Fsp3) is 0.417. The van der Waals surface area contributed by atoms with Gasteiger partial charge in [0.05, 0.1) is 0 Å². The summed E-state index contributed by atoms with van der Waals surface area (Å²) in [5, 5.41) is 0. The fourth-order valence-corrected chi connectivity index (χ4v) is 1.41. The van der Waals surface area contributed by atoms with Gasteiger partial charge in [0, 0.05) is 19.5 Å². The van der Waals surface area contributed by atoms with E-state index in [1.54, 1.807) is 0 Å². The molecule has 0 spiro atoms. The number of hydrogen-bond acceptors (Lipinski definition) is 0. The van der Waals surface area contributed by atoms with Crippen molar-refractivity contribution in [2.75, 3.05) is 0 Å². The minimum absolute atomic E-state index is 0. The van der Waals surface area contributed by atoms with Crippen molar-refractivity contribution in [2.45, 2.75) is 34.6 Å². The zero-order valence-electron chi connectivity index (χ0n) is 9.65. The first-order chi connectivity index (χ1) is 6.55. The molecule has 1 aromatic rings. The molecule has 0 unspecified atom stereocenters. The fourth-order valence-electron chi connectivity index (χ4n) is 1.41. The van der Waals surface area contributed by atoms with E-state index in [-0.39, 0.29) is 19.5 Å². The molecule has 1 rings (SSSR count). The summed E-state index contributed by atoms with van der Waals surface area (Å²) >= 11 is 0. The summed E-state index contributed by atoms with van der Waals surface area (Å²) in [5.41, 5.74) is 7.34. The summed E-state index contributed by atoms with van der Waals surface area (Å²) in [6.45, 7) is 20.0. The maximum absolute atomic E-state index is 7.50. The van der Waals surface area contributed by atoms with Gasteiger partial charge in [0.2, 0.25) is 0 Å². The quantitative estimate of drug-likeness (QED) is 0.401. The van der Waals surface area contributed by atoms with Crippen LogP contribution in [0.5, 0.6) is 0 Å². The predicted molar refractivity (Wildman–Crippen MR) is 53.6 cm³/mol. The second-order valence-corrected chi connectivity index (χ2v) is 3.12. The Balaban J connectivity index is -0.000000258. The van der Waals surface area contributed by atoms with E-state index in [0.717, 1.165) is 0 Å². The van der Waals surface area contributed by atoms with Crippen molar-refractivity contribution in [1.82, 2.24) is 0 Å². The molecule has 2 nitrogen and oxygen atoms in total. The normalized spacial score (nSPS) is 7.27. The smallest absolute Gasteiger partial charge is 0 e. The van der Waals surface area contributed by atoms with E-state index in [9.17, 15) is 0 Å². The van der Waals surface area contributed by atoms with Crippen LogP contribution in [0.25, 0.3) is 0 Å². The molecule has 0 N–H and O–H groups in total. The van der Waals surface area contributed by atoms with E-state index < -0.39 is 0 Å². The topological polar surface area (TPSA) is 39.8 Å². The van der Waals surface area contributed by atoms with Crippen LogP contribution < -0.4 is 0 Å². The average molecular weight is 294 g/mol. The first-order valence-electron chi connectivity index (χ1n) is 4.16. The standard InChI is InChI=1S/C10H15.2CO.Rh/c1-6-7(2)9(4)10(5)8(6)3;2*1-2;/h1-5H3;;;/q-1;;;. The van der Waals surface area contributed by atoms with Gasteiger partial charge >= 0.3 is 22.6 Å². The molecule has 0 aliphatic heterocycles. The van der Waals surface area contributed by atoms with Gasteiger partial charge < -0.3 is 0 Å². The third-order valence-electron chi connectivity index (χ3n) is 2.81. The van der Waals surface area contributed by atoms with Crippen molar-refractivity contribution < 1.29 is 28.8 Å². The summed E-state index contributed by atoms with van der Waals surface area (Å²) < 4.78 is 15.0. The van der Waals surface area contributed by atoms with Crippen LogP contribution in [0, 0.1) is 47.9 Å². The van der Waals surface area contributed by atoms with Crippen LogP contribution >= 0.6 is 0 Å². The Labute approximate surface area is 105 Å². The Hall–Kier alpha value is -0.547. The zero-order chi connectivity index (χ0) is 11.9. The average Bonchev–Trinajstić information content (AvgIpc) is 2.42. The van der Waals surface area contributed by atoms with Crippen LogP contribution in [0.3, 0.4) is 0 Å². The van der Waals surface area contributed by atoms with Crippen LogP contribution in [0.15, 0.2) is 0 Å². The molecular weight excluding hydrogens is 279 g/mol. The van der Waals surface area contributed by atoms with Gasteiger partial charge in [0.15, 0.2) is 0 Å². The van der Waals surface area contributed by atoms with Gasteiger partial charge in [-0.3, -0.25) is 0 Å². The molecule has 1 aromatic carbocycles. The zero-order valence-corrected chi connectivity index (χ0v) is 11.3. The van der Waals surface area contributed by atoms with Gasteiger partial charge in [-0.05, 0) is 0 Å². The Morgan fingerprint density at radius 3 is 1.07 bits per heavy atom. The van der Waals surface area contributed by atoms with Gasteiger partial charge in [0.1, 0.15) is 0 Å². The van der Waals surface area contributed by atoms with E-state index in [2.05, 4.69) is 47.9 Å². The van der Waals surface area contributed by atoms with Crippen molar-refractivity contribution >= 4 is 0 Å². The van der Waals surface area contributed by atoms with Gasteiger partial charge in [-0.15, -0.1) is 0 Å². The van der Waals surface area contributed by atoms with Gasteiger partial charge in [-0.25, -0.2) is 0 Å². The van der Waals surface area contributed by atoms with Crippen molar-refractivity contribution in [3.05, 3.63) is 41.1 Å². The van der Waals surface area contributed by atoms with E-state index in [1.165, 1.54) is 27.8 Å². The van der Waals surface area contributed by atoms with Crippen molar-refractivity contribution in [3.8, 4) is 0 Å². The Morgan fingerprint density at radius 1 is 0.800 bits per heavy atom. The Kier molecular flexibility index (Phi) is 13.3. The largest absolute Gasteiger partial charge is 0 e. The van der Waals surface area contributed by atoms with E-state index >= 15 is 0 Å². The molecule has 0 heterocycles. The van der Waals surface area contributed by atoms with E-state index in [1.807, 2.05) is 0 Å². The third-order valence-corrected chi connectivity index (χ3v) is 2.81. The van der Waals surface area contributed by atoms with Crippen molar-refractivity contribution in [1.29, 1.82) is 0 Å². The van der Waals surface area contributed by atoms with Crippen LogP contribution in [0.4, 0.5) is 0 Å². The summed E-state index contributed by atoms with van der Waals surface area (Å²) in [7, 11) is 0. The van der Waals surface area contributed by atoms with Crippen LogP contribution in [0.1, 0.15) is 27.8 Å². The van der Waals surface area contributed by atoms with Crippen molar-refractivity contribution in [2.24, 2.45) is 0 Å². The van der Waals surface area contributed by atoms with E-state index in [0.29, 0.717) is 0 Å². The van der Waals surface area contributed by atoms with Gasteiger partial charge in [-0.2, -0.15) is 27.8 Å². The van der Waals surface area contributed by atoms with Gasteiger partial charge in [-0.1, -0.05) is 34.6 Å². The molecule has 0 amide bonds. The summed E-state index contributed by atoms with van der Waals surface area (Å²) in [6, 6.07) is 0. The van der Waals surface area contributed by atoms with Crippen molar-refractivity contribution in [3.63, 3.8) is 0 Å². The molecule has 0 aromatic heterocycles. The third kappa shape index (κ3) is 4.66. The van der Waals surface area contributed by atoms with E-state index in [4.69, 9.17) is 9.30 Å². The first kappa shape index (κ1) is 19.9. The molecular formula is C12H15O2Rh-. The minimum Gasteiger partial charge on any atom is 0 e. The summed E-state index contributed by atoms with van der Waals surface area (Å²) in [4.78, 5) is 0. The molecule has 1 radical (unpaired) electrons. The maximum Gasteiger partial charge on any atom is 0 e. The molecule has 0 saturated heterocycles. The monoisotopic (exact) mass is 294 g/mol. The molecule has 0 fully saturated rings. The maximum atomic E-state index is 7.50. The van der Waals surface area contributed by atoms with Crippen LogP contribution in [-0.2, 0) is 28.8 Å². The Bertz CT molecular complexity index is 246. The van der Waals surface area contributed by atoms with Crippen LogP contribution in [0.2, 0.25) is 0 Å².